The Morgan fingerprint density at radius 1 is 1.28 bits per heavy atom. The van der Waals surface area contributed by atoms with Crippen LogP contribution in [0.15, 0.2) is 18.2 Å². The lowest BCUT2D eigenvalue weighted by Gasteiger charge is -2.12. The van der Waals surface area contributed by atoms with E-state index < -0.39 is 22.9 Å². The first-order valence-electron chi connectivity index (χ1n) is 7.53. The minimum atomic E-state index is -1.25. The fraction of sp³-hybridized carbons (Fsp3) is 0.400. The van der Waals surface area contributed by atoms with Gasteiger partial charge < -0.3 is 9.47 Å². The van der Waals surface area contributed by atoms with E-state index in [1.54, 1.807) is 0 Å². The van der Waals surface area contributed by atoms with Crippen LogP contribution in [0.5, 0.6) is 5.75 Å². The van der Waals surface area contributed by atoms with Crippen molar-refractivity contribution in [2.45, 2.75) is 32.8 Å². The number of hydrogen-bond acceptors (Lipinski definition) is 8. The lowest BCUT2D eigenvalue weighted by molar-refractivity contribution is -0.386. The Morgan fingerprint density at radius 2 is 1.96 bits per heavy atom. The van der Waals surface area contributed by atoms with Crippen LogP contribution >= 0.6 is 0 Å². The van der Waals surface area contributed by atoms with Gasteiger partial charge in [-0.25, -0.2) is 4.79 Å². The van der Waals surface area contributed by atoms with Crippen LogP contribution in [-0.2, 0) is 25.8 Å². The summed E-state index contributed by atoms with van der Waals surface area (Å²) >= 11 is 0. The van der Waals surface area contributed by atoms with E-state index in [4.69, 9.17) is 9.47 Å². The highest BCUT2D eigenvalue weighted by Crippen LogP contribution is 2.28. The van der Waals surface area contributed by atoms with Crippen molar-refractivity contribution in [1.82, 2.24) is 5.06 Å². The number of amides is 2. The highest BCUT2D eigenvalue weighted by molar-refractivity contribution is 6.01. The van der Waals surface area contributed by atoms with Crippen molar-refractivity contribution in [2.24, 2.45) is 0 Å². The van der Waals surface area contributed by atoms with Crippen LogP contribution in [0.1, 0.15) is 31.7 Å². The van der Waals surface area contributed by atoms with Gasteiger partial charge in [0.1, 0.15) is 6.61 Å². The van der Waals surface area contributed by atoms with Crippen LogP contribution < -0.4 is 4.74 Å². The lowest BCUT2D eigenvalue weighted by atomic mass is 10.2. The average molecular weight is 352 g/mol. The summed E-state index contributed by atoms with van der Waals surface area (Å²) in [4.78, 5) is 49.2. The quantitative estimate of drug-likeness (QED) is 0.316. The molecule has 0 N–H and O–H groups in total. The average Bonchev–Trinajstić information content (AvgIpc) is 2.90. The van der Waals surface area contributed by atoms with Gasteiger partial charge in [-0.2, -0.15) is 0 Å². The fourth-order valence-electron chi connectivity index (χ4n) is 2.03. The molecule has 0 aromatic heterocycles. The summed E-state index contributed by atoms with van der Waals surface area (Å²) in [5.41, 5.74) is 0.0689. The lowest BCUT2D eigenvalue weighted by Crippen LogP contribution is -2.32. The van der Waals surface area contributed by atoms with Crippen molar-refractivity contribution in [2.75, 3.05) is 6.61 Å². The molecule has 0 aliphatic carbocycles. The summed E-state index contributed by atoms with van der Waals surface area (Å²) in [7, 11) is 0. The second-order valence-corrected chi connectivity index (χ2v) is 5.12. The molecule has 10 nitrogen and oxygen atoms in total. The smallest absolute Gasteiger partial charge is 0.487 e. The van der Waals surface area contributed by atoms with Gasteiger partial charge in [0.05, 0.1) is 11.5 Å². The summed E-state index contributed by atoms with van der Waals surface area (Å²) in [6.07, 6.45) is -0.616. The van der Waals surface area contributed by atoms with Crippen LogP contribution in [0.2, 0.25) is 0 Å². The van der Waals surface area contributed by atoms with Crippen molar-refractivity contribution in [3.05, 3.63) is 33.9 Å². The zero-order chi connectivity index (χ0) is 18.4. The minimum Gasteiger partial charge on any atom is -0.487 e. The van der Waals surface area contributed by atoms with Crippen LogP contribution in [-0.4, -0.2) is 34.6 Å². The minimum absolute atomic E-state index is 0.0302. The van der Waals surface area contributed by atoms with E-state index in [-0.39, 0.29) is 30.9 Å². The second-order valence-electron chi connectivity index (χ2n) is 5.12. The van der Waals surface area contributed by atoms with Crippen LogP contribution in [0.3, 0.4) is 0 Å². The highest BCUT2D eigenvalue weighted by Gasteiger charge is 2.33. The van der Waals surface area contributed by atoms with Crippen LogP contribution in [0.4, 0.5) is 10.5 Å². The standard InChI is InChI=1S/C15H16N2O8/c1-2-7-23-12-4-3-10(8-11(12)17(21)22)9-24-15(20)25-16-13(18)5-6-14(16)19/h3-4,8H,2,5-7,9H2,1H3. The van der Waals surface area contributed by atoms with E-state index in [0.29, 0.717) is 23.7 Å². The third-order valence-electron chi connectivity index (χ3n) is 3.21. The maximum Gasteiger partial charge on any atom is 0.534 e. The van der Waals surface area contributed by atoms with E-state index in [0.717, 1.165) is 0 Å². The van der Waals surface area contributed by atoms with Gasteiger partial charge in [0.25, 0.3) is 11.8 Å². The van der Waals surface area contributed by atoms with Gasteiger partial charge in [0.2, 0.25) is 0 Å². The van der Waals surface area contributed by atoms with Gasteiger partial charge in [-0.15, -0.1) is 0 Å². The summed E-state index contributed by atoms with van der Waals surface area (Å²) in [6, 6.07) is 4.12. The predicted molar refractivity (Wildman–Crippen MR) is 81.2 cm³/mol. The largest absolute Gasteiger partial charge is 0.534 e. The third kappa shape index (κ3) is 4.66. The third-order valence-corrected chi connectivity index (χ3v) is 3.21. The molecule has 1 aliphatic rings. The number of imide groups is 1. The summed E-state index contributed by atoms with van der Waals surface area (Å²) in [5, 5.41) is 11.4. The van der Waals surface area contributed by atoms with E-state index in [1.807, 2.05) is 6.92 Å². The monoisotopic (exact) mass is 352 g/mol. The Kier molecular flexibility index (Phi) is 5.88. The van der Waals surface area contributed by atoms with Gasteiger partial charge >= 0.3 is 11.8 Å². The molecule has 0 unspecified atom stereocenters. The molecule has 1 fully saturated rings. The Morgan fingerprint density at radius 3 is 2.56 bits per heavy atom. The molecule has 0 saturated carbocycles. The summed E-state index contributed by atoms with van der Waals surface area (Å²) in [5.74, 6) is -1.14. The van der Waals surface area contributed by atoms with Crippen molar-refractivity contribution >= 4 is 23.7 Å². The number of nitro groups is 1. The molecule has 2 amide bonds. The second kappa shape index (κ2) is 8.08. The molecular formula is C15H16N2O8. The number of carbonyl (C=O) groups excluding carboxylic acids is 3. The molecule has 1 aromatic carbocycles. The molecular weight excluding hydrogens is 336 g/mol. The van der Waals surface area contributed by atoms with Crippen molar-refractivity contribution in [3.8, 4) is 5.75 Å². The van der Waals surface area contributed by atoms with Crippen molar-refractivity contribution < 1.29 is 33.6 Å². The molecule has 1 saturated heterocycles. The van der Waals surface area contributed by atoms with Gasteiger partial charge in [-0.1, -0.05) is 18.1 Å². The number of rotatable bonds is 7. The number of nitro benzene ring substituents is 1. The molecule has 0 atom stereocenters. The molecule has 0 spiro atoms. The van der Waals surface area contributed by atoms with Gasteiger partial charge in [0, 0.05) is 18.9 Å². The molecule has 1 aliphatic heterocycles. The zero-order valence-corrected chi connectivity index (χ0v) is 13.4. The first-order chi connectivity index (χ1) is 11.9. The predicted octanol–water partition coefficient (Wildman–Crippen LogP) is 2.10. The number of hydrogen-bond donors (Lipinski definition) is 0. The summed E-state index contributed by atoms with van der Waals surface area (Å²) < 4.78 is 10.1. The Bertz CT molecular complexity index is 687. The number of benzene rings is 1. The highest BCUT2D eigenvalue weighted by atomic mass is 16.8. The molecule has 2 rings (SSSR count). The molecule has 1 aromatic rings. The number of nitrogens with zero attached hydrogens (tertiary/aromatic N) is 2. The Hall–Kier alpha value is -3.17. The van der Waals surface area contributed by atoms with E-state index >= 15 is 0 Å². The molecule has 0 radical (unpaired) electrons. The molecule has 1 heterocycles. The van der Waals surface area contributed by atoms with Gasteiger partial charge in [-0.05, 0) is 18.1 Å². The maximum atomic E-state index is 11.5. The van der Waals surface area contributed by atoms with E-state index in [2.05, 4.69) is 4.84 Å². The van der Waals surface area contributed by atoms with Crippen LogP contribution in [0.25, 0.3) is 0 Å². The normalized spacial score (nSPS) is 13.7. The molecule has 134 valence electrons. The number of hydroxylamine groups is 2. The number of carbonyl (C=O) groups is 3. The van der Waals surface area contributed by atoms with Gasteiger partial charge in [0.15, 0.2) is 5.75 Å². The topological polar surface area (TPSA) is 125 Å². The zero-order valence-electron chi connectivity index (χ0n) is 13.4. The first kappa shape index (κ1) is 18.2. The Balaban J connectivity index is 1.96. The van der Waals surface area contributed by atoms with Crippen LogP contribution in [0, 0.1) is 10.1 Å². The first-order valence-corrected chi connectivity index (χ1v) is 7.53. The molecule has 10 heteroatoms. The fourth-order valence-corrected chi connectivity index (χ4v) is 2.03. The SMILES string of the molecule is CCCOc1ccc(COC(=O)ON2C(=O)CCC2=O)cc1[N+](=O)[O-]. The number of ether oxygens (including phenoxy) is 2. The maximum absolute atomic E-state index is 11.5. The van der Waals surface area contributed by atoms with Crippen molar-refractivity contribution in [3.63, 3.8) is 0 Å². The molecule has 25 heavy (non-hydrogen) atoms. The van der Waals surface area contributed by atoms with E-state index in [9.17, 15) is 24.5 Å². The summed E-state index contributed by atoms with van der Waals surface area (Å²) in [6.45, 7) is 1.88. The Labute approximate surface area is 142 Å². The van der Waals surface area contributed by atoms with E-state index in [1.165, 1.54) is 18.2 Å². The van der Waals surface area contributed by atoms with Crippen molar-refractivity contribution in [1.29, 1.82) is 0 Å². The molecule has 0 bridgehead atoms. The van der Waals surface area contributed by atoms with Gasteiger partial charge in [-0.3, -0.25) is 24.5 Å².